The van der Waals surface area contributed by atoms with E-state index in [0.29, 0.717) is 6.42 Å². The highest BCUT2D eigenvalue weighted by Crippen LogP contribution is 2.36. The minimum absolute atomic E-state index is 0.178. The molecule has 5 nitrogen and oxygen atoms in total. The van der Waals surface area contributed by atoms with Crippen LogP contribution in [0.3, 0.4) is 0 Å². The predicted octanol–water partition coefficient (Wildman–Crippen LogP) is 5.67. The Hall–Kier alpha value is -3.35. The largest absolute Gasteiger partial charge is 0.338 e. The van der Waals surface area contributed by atoms with E-state index in [1.807, 2.05) is 6.92 Å². The zero-order chi connectivity index (χ0) is 24.5. The third kappa shape index (κ3) is 4.47. The van der Waals surface area contributed by atoms with Gasteiger partial charge in [-0.2, -0.15) is 0 Å². The number of hydrogen-bond donors (Lipinski definition) is 0. The number of rotatable bonds is 5. The predicted molar refractivity (Wildman–Crippen MR) is 145 cm³/mol. The summed E-state index contributed by atoms with van der Waals surface area (Å²) in [7, 11) is 0. The molecule has 1 aliphatic carbocycles. The lowest BCUT2D eigenvalue weighted by molar-refractivity contribution is 0.0962. The van der Waals surface area contributed by atoms with Gasteiger partial charge in [0.1, 0.15) is 0 Å². The van der Waals surface area contributed by atoms with Gasteiger partial charge in [-0.3, -0.25) is 9.69 Å². The second kappa shape index (κ2) is 9.96. The van der Waals surface area contributed by atoms with E-state index in [1.54, 1.807) is 11.3 Å². The van der Waals surface area contributed by atoms with Crippen LogP contribution in [0.2, 0.25) is 0 Å². The summed E-state index contributed by atoms with van der Waals surface area (Å²) < 4.78 is 0. The van der Waals surface area contributed by atoms with Gasteiger partial charge >= 0.3 is 0 Å². The van der Waals surface area contributed by atoms with Crippen molar-refractivity contribution in [2.24, 2.45) is 0 Å². The number of carbonyl (C=O) groups is 1. The fourth-order valence-corrected chi connectivity index (χ4v) is 6.52. The normalized spacial score (nSPS) is 18.4. The second-order valence-electron chi connectivity index (χ2n) is 9.72. The Balaban J connectivity index is 1.23. The van der Waals surface area contributed by atoms with E-state index in [9.17, 15) is 4.79 Å². The van der Waals surface area contributed by atoms with Crippen LogP contribution in [0, 0.1) is 6.92 Å². The van der Waals surface area contributed by atoms with E-state index >= 15 is 0 Å². The van der Waals surface area contributed by atoms with Crippen LogP contribution in [0.1, 0.15) is 56.1 Å². The van der Waals surface area contributed by atoms with Crippen LogP contribution in [0.4, 0.5) is 5.95 Å². The molecular weight excluding hydrogens is 464 g/mol. The molecule has 0 N–H and O–H groups in total. The summed E-state index contributed by atoms with van der Waals surface area (Å²) in [5.74, 6) is 1.17. The number of aryl methyl sites for hydroxylation is 1. The van der Waals surface area contributed by atoms with Gasteiger partial charge in [-0.05, 0) is 35.9 Å². The van der Waals surface area contributed by atoms with Crippen LogP contribution in [0.15, 0.2) is 78.2 Å². The summed E-state index contributed by atoms with van der Waals surface area (Å²) in [5.41, 5.74) is 5.12. The van der Waals surface area contributed by atoms with Gasteiger partial charge in [-0.15, -0.1) is 11.3 Å². The molecule has 0 unspecified atom stereocenters. The first-order valence-electron chi connectivity index (χ1n) is 12.7. The maximum absolute atomic E-state index is 13.0. The number of carbonyl (C=O) groups excluding carboxylic acids is 1. The number of piperazine rings is 1. The van der Waals surface area contributed by atoms with E-state index in [4.69, 9.17) is 9.97 Å². The second-order valence-corrected chi connectivity index (χ2v) is 10.7. The maximum Gasteiger partial charge on any atom is 0.225 e. The fourth-order valence-electron chi connectivity index (χ4n) is 5.69. The topological polar surface area (TPSA) is 49.3 Å². The third-order valence-corrected chi connectivity index (χ3v) is 8.48. The highest BCUT2D eigenvalue weighted by atomic mass is 32.1. The number of nitrogens with zero attached hydrogens (tertiary/aromatic N) is 4. The van der Waals surface area contributed by atoms with Gasteiger partial charge in [-0.1, -0.05) is 66.7 Å². The molecule has 1 fully saturated rings. The first-order valence-corrected chi connectivity index (χ1v) is 13.6. The van der Waals surface area contributed by atoms with Crippen molar-refractivity contribution in [3.8, 4) is 0 Å². The van der Waals surface area contributed by atoms with Gasteiger partial charge in [0.05, 0.1) is 23.0 Å². The van der Waals surface area contributed by atoms with Crippen molar-refractivity contribution in [3.05, 3.63) is 111 Å². The number of ketones is 1. The van der Waals surface area contributed by atoms with Crippen molar-refractivity contribution in [1.82, 2.24) is 14.9 Å². The zero-order valence-corrected chi connectivity index (χ0v) is 21.3. The average Bonchev–Trinajstić information content (AvgIpc) is 3.45. The number of hydrogen-bond acceptors (Lipinski definition) is 6. The number of aromatic nitrogens is 2. The van der Waals surface area contributed by atoms with E-state index in [1.165, 1.54) is 16.0 Å². The van der Waals surface area contributed by atoms with Gasteiger partial charge in [0.15, 0.2) is 5.78 Å². The van der Waals surface area contributed by atoms with Crippen LogP contribution < -0.4 is 4.90 Å². The molecule has 1 atom stereocenters. The van der Waals surface area contributed by atoms with Crippen molar-refractivity contribution >= 4 is 23.1 Å². The van der Waals surface area contributed by atoms with Gasteiger partial charge in [0, 0.05) is 43.4 Å². The molecule has 1 aliphatic heterocycles. The highest BCUT2D eigenvalue weighted by Gasteiger charge is 2.32. The summed E-state index contributed by atoms with van der Waals surface area (Å²) in [6, 6.07) is 26.0. The molecule has 0 saturated carbocycles. The smallest absolute Gasteiger partial charge is 0.225 e. The SMILES string of the molecule is Cc1nc(N2CCN(C(c3ccccc3)c3ccccc3)CC2)nc2c1C(=O)C[C@H](c1cccs1)C2. The lowest BCUT2D eigenvalue weighted by Gasteiger charge is -2.40. The Bertz CT molecular complexity index is 1290. The molecule has 2 aromatic carbocycles. The molecule has 2 aliphatic rings. The van der Waals surface area contributed by atoms with Crippen LogP contribution in [0.5, 0.6) is 0 Å². The Morgan fingerprint density at radius 3 is 2.11 bits per heavy atom. The van der Waals surface area contributed by atoms with Crippen LogP contribution in [0.25, 0.3) is 0 Å². The van der Waals surface area contributed by atoms with Gasteiger partial charge in [0.2, 0.25) is 5.95 Å². The summed E-state index contributed by atoms with van der Waals surface area (Å²) in [4.78, 5) is 28.9. The Morgan fingerprint density at radius 2 is 1.50 bits per heavy atom. The molecule has 6 rings (SSSR count). The summed E-state index contributed by atoms with van der Waals surface area (Å²) in [6.07, 6.45) is 1.36. The van der Waals surface area contributed by atoms with Gasteiger partial charge in [-0.25, -0.2) is 9.97 Å². The minimum atomic E-state index is 0.178. The van der Waals surface area contributed by atoms with E-state index < -0.39 is 0 Å². The van der Waals surface area contributed by atoms with Gasteiger partial charge in [0.25, 0.3) is 0 Å². The standard InChI is InChI=1S/C30H30N4OS/c1-21-28-25(19-24(20-26(28)35)27-13-8-18-36-27)32-30(31-21)34-16-14-33(15-17-34)29(22-9-4-2-5-10-22)23-11-6-3-7-12-23/h2-13,18,24,29H,14-17,19-20H2,1H3/t24-/m1/s1. The Morgan fingerprint density at radius 1 is 0.833 bits per heavy atom. The summed E-state index contributed by atoms with van der Waals surface area (Å²) in [6.45, 7) is 5.52. The number of anilines is 1. The summed E-state index contributed by atoms with van der Waals surface area (Å²) >= 11 is 1.73. The molecular formula is C30H30N4OS. The molecule has 0 amide bonds. The quantitative estimate of drug-likeness (QED) is 0.358. The number of Topliss-reactive ketones (excluding diaryl/α,β-unsaturated/α-hetero) is 1. The maximum atomic E-state index is 13.0. The molecule has 6 heteroatoms. The molecule has 4 aromatic rings. The molecule has 0 spiro atoms. The Labute approximate surface area is 216 Å². The van der Waals surface area contributed by atoms with E-state index in [2.05, 4.69) is 88.0 Å². The molecule has 3 heterocycles. The van der Waals surface area contributed by atoms with Crippen molar-refractivity contribution in [1.29, 1.82) is 0 Å². The van der Waals surface area contributed by atoms with Gasteiger partial charge < -0.3 is 4.90 Å². The number of thiophene rings is 1. The first kappa shape index (κ1) is 23.1. The highest BCUT2D eigenvalue weighted by molar-refractivity contribution is 7.10. The molecule has 0 radical (unpaired) electrons. The third-order valence-electron chi connectivity index (χ3n) is 7.44. The number of benzene rings is 2. The van der Waals surface area contributed by atoms with E-state index in [-0.39, 0.29) is 17.7 Å². The lowest BCUT2D eigenvalue weighted by Crippen LogP contribution is -2.48. The average molecular weight is 495 g/mol. The molecule has 182 valence electrons. The Kier molecular flexibility index (Phi) is 6.38. The van der Waals surface area contributed by atoms with Crippen molar-refractivity contribution in [3.63, 3.8) is 0 Å². The number of fused-ring (bicyclic) bond motifs is 1. The fraction of sp³-hybridized carbons (Fsp3) is 0.300. The zero-order valence-electron chi connectivity index (χ0n) is 20.5. The minimum Gasteiger partial charge on any atom is -0.338 e. The van der Waals surface area contributed by atoms with Crippen molar-refractivity contribution in [2.45, 2.75) is 31.7 Å². The van der Waals surface area contributed by atoms with E-state index in [0.717, 1.165) is 55.5 Å². The molecule has 36 heavy (non-hydrogen) atoms. The van der Waals surface area contributed by atoms with Crippen LogP contribution in [-0.4, -0.2) is 46.8 Å². The lowest BCUT2D eigenvalue weighted by atomic mass is 9.84. The summed E-state index contributed by atoms with van der Waals surface area (Å²) in [5, 5.41) is 2.09. The molecule has 0 bridgehead atoms. The first-order chi connectivity index (χ1) is 17.7. The van der Waals surface area contributed by atoms with Crippen LogP contribution >= 0.6 is 11.3 Å². The van der Waals surface area contributed by atoms with Crippen molar-refractivity contribution in [2.75, 3.05) is 31.1 Å². The molecule has 2 aromatic heterocycles. The van der Waals surface area contributed by atoms with Crippen molar-refractivity contribution < 1.29 is 4.79 Å². The molecule has 1 saturated heterocycles. The van der Waals surface area contributed by atoms with Crippen LogP contribution in [-0.2, 0) is 6.42 Å². The monoisotopic (exact) mass is 494 g/mol.